The van der Waals surface area contributed by atoms with Crippen molar-refractivity contribution in [1.82, 2.24) is 24.6 Å². The second kappa shape index (κ2) is 7.59. The van der Waals surface area contributed by atoms with Crippen molar-refractivity contribution in [3.05, 3.63) is 68.4 Å². The van der Waals surface area contributed by atoms with E-state index in [9.17, 15) is 9.90 Å². The molecule has 4 N–H and O–H groups in total. The van der Waals surface area contributed by atoms with Crippen LogP contribution in [-0.2, 0) is 0 Å². The first kappa shape index (κ1) is 19.4. The van der Waals surface area contributed by atoms with Crippen LogP contribution in [0.25, 0.3) is 11.7 Å². The molecule has 0 amide bonds. The molecule has 1 saturated carbocycles. The number of aromatic nitrogens is 5. The van der Waals surface area contributed by atoms with E-state index in [4.69, 9.17) is 21.6 Å². The summed E-state index contributed by atoms with van der Waals surface area (Å²) >= 11 is 6.11. The summed E-state index contributed by atoms with van der Waals surface area (Å²) in [5.74, 6) is 0.930. The number of hydrogen-bond donors (Lipinski definition) is 4. The molecule has 3 heterocycles. The number of aromatic amines is 2. The van der Waals surface area contributed by atoms with Crippen molar-refractivity contribution >= 4 is 34.8 Å². The molecule has 1 aliphatic rings. The number of fused-ring (bicyclic) bond motifs is 1. The van der Waals surface area contributed by atoms with E-state index in [1.807, 2.05) is 24.3 Å². The highest BCUT2D eigenvalue weighted by molar-refractivity contribution is 6.30. The predicted octanol–water partition coefficient (Wildman–Crippen LogP) is 2.10. The van der Waals surface area contributed by atoms with Crippen LogP contribution in [0, 0.1) is 5.92 Å². The van der Waals surface area contributed by atoms with E-state index in [0.29, 0.717) is 33.1 Å². The third-order valence-corrected chi connectivity index (χ3v) is 5.49. The van der Waals surface area contributed by atoms with E-state index >= 15 is 0 Å². The van der Waals surface area contributed by atoms with E-state index in [1.165, 1.54) is 12.8 Å². The van der Waals surface area contributed by atoms with Crippen molar-refractivity contribution in [3.63, 3.8) is 0 Å². The van der Waals surface area contributed by atoms with Gasteiger partial charge in [-0.2, -0.15) is 9.61 Å². The molecule has 3 aromatic heterocycles. The van der Waals surface area contributed by atoms with E-state index in [1.54, 1.807) is 22.9 Å². The van der Waals surface area contributed by atoms with Gasteiger partial charge in [-0.15, -0.1) is 0 Å². The number of hydrogen-bond acceptors (Lipinski definition) is 6. The fourth-order valence-electron chi connectivity index (χ4n) is 3.48. The Morgan fingerprint density at radius 3 is 2.90 bits per heavy atom. The smallest absolute Gasteiger partial charge is 0.326 e. The van der Waals surface area contributed by atoms with Gasteiger partial charge in [-0.25, -0.2) is 9.78 Å². The second-order valence-corrected chi connectivity index (χ2v) is 8.10. The zero-order chi connectivity index (χ0) is 21.5. The molecular formula is C21H20ClN7O2. The lowest BCUT2D eigenvalue weighted by atomic mass is 10.2. The number of nitrogens with one attached hydrogen (secondary N) is 3. The first-order valence-corrected chi connectivity index (χ1v) is 10.3. The molecule has 0 radical (unpaired) electrons. The number of imidazole rings is 1. The lowest BCUT2D eigenvalue weighted by Crippen LogP contribution is -2.22. The van der Waals surface area contributed by atoms with E-state index < -0.39 is 5.69 Å². The van der Waals surface area contributed by atoms with Crippen LogP contribution in [0.1, 0.15) is 25.5 Å². The number of benzene rings is 1. The van der Waals surface area contributed by atoms with Crippen LogP contribution in [0.2, 0.25) is 5.02 Å². The van der Waals surface area contributed by atoms with Crippen LogP contribution < -0.4 is 21.7 Å². The van der Waals surface area contributed by atoms with E-state index in [2.05, 4.69) is 27.3 Å². The van der Waals surface area contributed by atoms with Crippen molar-refractivity contribution < 1.29 is 5.11 Å². The monoisotopic (exact) mass is 437 g/mol. The summed E-state index contributed by atoms with van der Waals surface area (Å²) in [5, 5.41) is 18.9. The summed E-state index contributed by atoms with van der Waals surface area (Å²) in [6.07, 6.45) is 5.60. The van der Waals surface area contributed by atoms with Gasteiger partial charge in [-0.05, 0) is 50.0 Å². The maximum Gasteiger partial charge on any atom is 0.326 e. The Hall–Kier alpha value is -3.59. The van der Waals surface area contributed by atoms with Crippen LogP contribution in [-0.4, -0.2) is 35.7 Å². The van der Waals surface area contributed by atoms with Crippen LogP contribution in [0.3, 0.4) is 0 Å². The minimum atomic E-state index is -0.495. The zero-order valence-corrected chi connectivity index (χ0v) is 17.4. The first-order valence-electron chi connectivity index (χ1n) is 9.94. The molecule has 0 spiro atoms. The molecule has 9 nitrogen and oxygen atoms in total. The zero-order valence-electron chi connectivity index (χ0n) is 16.6. The largest absolute Gasteiger partial charge is 0.493 e. The SMILES string of the molecule is C[C@@H](N=c1cc(Nc2cccc(Cl)c2)nc2c(=Cc3[nH]c(=O)[nH]c3O)cnn12)C1CC1. The van der Waals surface area contributed by atoms with Crippen molar-refractivity contribution in [2.45, 2.75) is 25.8 Å². The molecule has 0 saturated heterocycles. The highest BCUT2D eigenvalue weighted by Crippen LogP contribution is 2.33. The van der Waals surface area contributed by atoms with Crippen molar-refractivity contribution in [3.8, 4) is 5.88 Å². The van der Waals surface area contributed by atoms with Crippen LogP contribution in [0.5, 0.6) is 5.88 Å². The Morgan fingerprint density at radius 1 is 1.35 bits per heavy atom. The summed E-state index contributed by atoms with van der Waals surface area (Å²) in [5.41, 5.74) is 1.75. The van der Waals surface area contributed by atoms with Gasteiger partial charge in [0.15, 0.2) is 11.1 Å². The highest BCUT2D eigenvalue weighted by Gasteiger charge is 2.27. The molecule has 4 aromatic rings. The van der Waals surface area contributed by atoms with Gasteiger partial charge in [-0.3, -0.25) is 9.98 Å². The van der Waals surface area contributed by atoms with Gasteiger partial charge in [0.05, 0.1) is 12.2 Å². The summed E-state index contributed by atoms with van der Waals surface area (Å²) in [7, 11) is 0. The van der Waals surface area contributed by atoms with E-state index in [-0.39, 0.29) is 17.6 Å². The quantitative estimate of drug-likeness (QED) is 0.380. The summed E-state index contributed by atoms with van der Waals surface area (Å²) < 4.78 is 1.66. The van der Waals surface area contributed by atoms with Crippen LogP contribution >= 0.6 is 11.6 Å². The molecule has 5 rings (SSSR count). The fourth-order valence-corrected chi connectivity index (χ4v) is 3.67. The summed E-state index contributed by atoms with van der Waals surface area (Å²) in [4.78, 5) is 25.9. The van der Waals surface area contributed by atoms with Gasteiger partial charge in [0.25, 0.3) is 0 Å². The van der Waals surface area contributed by atoms with Crippen LogP contribution in [0.4, 0.5) is 11.5 Å². The third kappa shape index (κ3) is 4.04. The number of anilines is 2. The molecular weight excluding hydrogens is 418 g/mol. The fraction of sp³-hybridized carbons (Fsp3) is 0.238. The lowest BCUT2D eigenvalue weighted by molar-refractivity contribution is 0.454. The molecule has 158 valence electrons. The molecule has 1 atom stereocenters. The van der Waals surface area contributed by atoms with Gasteiger partial charge in [-0.1, -0.05) is 17.7 Å². The number of aromatic hydroxyl groups is 1. The van der Waals surface area contributed by atoms with E-state index in [0.717, 1.165) is 5.69 Å². The first-order chi connectivity index (χ1) is 15.0. The minimum Gasteiger partial charge on any atom is -0.493 e. The van der Waals surface area contributed by atoms with Gasteiger partial charge >= 0.3 is 5.69 Å². The Labute approximate surface area is 181 Å². The second-order valence-electron chi connectivity index (χ2n) is 7.66. The molecule has 1 aromatic carbocycles. The average Bonchev–Trinajstić information content (AvgIpc) is 3.42. The van der Waals surface area contributed by atoms with Gasteiger partial charge in [0.1, 0.15) is 11.5 Å². The molecule has 0 unspecified atom stereocenters. The van der Waals surface area contributed by atoms with Gasteiger partial charge in [0.2, 0.25) is 5.88 Å². The Morgan fingerprint density at radius 2 is 2.19 bits per heavy atom. The normalized spacial score (nSPS) is 16.2. The molecule has 31 heavy (non-hydrogen) atoms. The average molecular weight is 438 g/mol. The maximum absolute atomic E-state index is 11.5. The predicted molar refractivity (Wildman–Crippen MR) is 117 cm³/mol. The summed E-state index contributed by atoms with van der Waals surface area (Å²) in [6.45, 7) is 2.10. The minimum absolute atomic E-state index is 0.173. The Kier molecular flexibility index (Phi) is 4.74. The standard InChI is InChI=1S/C21H20ClN7O2/c1-11(12-5-6-12)24-18-9-17(25-15-4-2-3-14(22)8-15)27-19-13(10-23-29(18)19)7-16-20(30)28-21(31)26-16/h2-4,7-12,25,30H,5-6H2,1H3,(H2,26,28,31)/t11-/m1/s1. The number of halogens is 1. The molecule has 0 bridgehead atoms. The van der Waals surface area contributed by atoms with Crippen LogP contribution in [0.15, 0.2) is 46.3 Å². The number of rotatable bonds is 5. The number of nitrogens with zero attached hydrogens (tertiary/aromatic N) is 4. The molecule has 10 heteroatoms. The van der Waals surface area contributed by atoms with Crippen molar-refractivity contribution in [2.75, 3.05) is 5.32 Å². The lowest BCUT2D eigenvalue weighted by Gasteiger charge is -2.08. The van der Waals surface area contributed by atoms with Crippen molar-refractivity contribution in [1.29, 1.82) is 0 Å². The molecule has 1 aliphatic carbocycles. The Balaban J connectivity index is 1.68. The Bertz CT molecular complexity index is 1450. The highest BCUT2D eigenvalue weighted by atomic mass is 35.5. The molecule has 1 fully saturated rings. The molecule has 0 aliphatic heterocycles. The number of H-pyrrole nitrogens is 2. The maximum atomic E-state index is 11.5. The van der Waals surface area contributed by atoms with Crippen molar-refractivity contribution in [2.24, 2.45) is 10.9 Å². The third-order valence-electron chi connectivity index (χ3n) is 5.25. The van der Waals surface area contributed by atoms with Gasteiger partial charge in [0, 0.05) is 22.0 Å². The topological polar surface area (TPSA) is 123 Å². The van der Waals surface area contributed by atoms with Gasteiger partial charge < -0.3 is 15.4 Å². The summed E-state index contributed by atoms with van der Waals surface area (Å²) in [6, 6.07) is 9.38.